The first-order valence-corrected chi connectivity index (χ1v) is 8.25. The Morgan fingerprint density at radius 2 is 2.04 bits per heavy atom. The van der Waals surface area contributed by atoms with Crippen LogP contribution in [0.2, 0.25) is 0 Å². The van der Waals surface area contributed by atoms with Crippen LogP contribution in [0.4, 0.5) is 0 Å². The van der Waals surface area contributed by atoms with E-state index in [2.05, 4.69) is 39.9 Å². The minimum atomic E-state index is 0.00960. The molecule has 0 spiro atoms. The molecule has 3 heterocycles. The molecule has 0 radical (unpaired) electrons. The molecule has 0 bridgehead atoms. The van der Waals surface area contributed by atoms with Crippen LogP contribution in [-0.4, -0.2) is 53.6 Å². The zero-order valence-electron chi connectivity index (χ0n) is 13.7. The minimum Gasteiger partial charge on any atom is -0.378 e. The lowest BCUT2D eigenvalue weighted by atomic mass is 10.1. The standard InChI is InChI=1S/C17H22N4O3/c1-22-9-13-8-21(20-19-13)15-11-24-16-14(10-23-17(15)16)18-7-12-5-3-2-4-6-12/h2-6,8,14-18H,7,9-11H2,1H3. The number of hydrogen-bond donors (Lipinski definition) is 1. The van der Waals surface area contributed by atoms with Crippen molar-refractivity contribution in [1.29, 1.82) is 0 Å². The molecule has 0 saturated carbocycles. The van der Waals surface area contributed by atoms with Crippen molar-refractivity contribution in [1.82, 2.24) is 20.3 Å². The van der Waals surface area contributed by atoms with E-state index in [0.29, 0.717) is 19.8 Å². The molecule has 24 heavy (non-hydrogen) atoms. The van der Waals surface area contributed by atoms with Gasteiger partial charge in [0.2, 0.25) is 0 Å². The lowest BCUT2D eigenvalue weighted by Crippen LogP contribution is -2.40. The molecule has 1 N–H and O–H groups in total. The van der Waals surface area contributed by atoms with E-state index >= 15 is 0 Å². The smallest absolute Gasteiger partial charge is 0.110 e. The van der Waals surface area contributed by atoms with Crippen LogP contribution in [0, 0.1) is 0 Å². The number of methoxy groups -OCH3 is 1. The molecule has 0 amide bonds. The maximum absolute atomic E-state index is 6.01. The molecular weight excluding hydrogens is 308 g/mol. The van der Waals surface area contributed by atoms with Crippen LogP contribution in [0.1, 0.15) is 17.3 Å². The van der Waals surface area contributed by atoms with Gasteiger partial charge in [-0.25, -0.2) is 4.68 Å². The molecule has 7 nitrogen and oxygen atoms in total. The van der Waals surface area contributed by atoms with Crippen LogP contribution in [0.3, 0.4) is 0 Å². The van der Waals surface area contributed by atoms with Crippen LogP contribution in [-0.2, 0) is 27.4 Å². The average Bonchev–Trinajstić information content (AvgIpc) is 3.31. The molecule has 128 valence electrons. The molecule has 0 aliphatic carbocycles. The van der Waals surface area contributed by atoms with Crippen LogP contribution < -0.4 is 5.32 Å². The number of aromatic nitrogens is 3. The Bertz CT molecular complexity index is 663. The summed E-state index contributed by atoms with van der Waals surface area (Å²) in [4.78, 5) is 0. The van der Waals surface area contributed by atoms with Crippen molar-refractivity contribution >= 4 is 0 Å². The Balaban J connectivity index is 1.38. The summed E-state index contributed by atoms with van der Waals surface area (Å²) in [5.74, 6) is 0. The molecule has 2 aliphatic heterocycles. The number of nitrogens with zero attached hydrogens (tertiary/aromatic N) is 3. The molecule has 4 rings (SSSR count). The number of benzene rings is 1. The van der Waals surface area contributed by atoms with E-state index in [0.717, 1.165) is 12.2 Å². The van der Waals surface area contributed by atoms with E-state index in [4.69, 9.17) is 14.2 Å². The number of rotatable bonds is 6. The maximum Gasteiger partial charge on any atom is 0.110 e. The number of hydrogen-bond acceptors (Lipinski definition) is 6. The fourth-order valence-electron chi connectivity index (χ4n) is 3.42. The first kappa shape index (κ1) is 15.7. The largest absolute Gasteiger partial charge is 0.378 e. The summed E-state index contributed by atoms with van der Waals surface area (Å²) in [7, 11) is 1.65. The Morgan fingerprint density at radius 1 is 1.21 bits per heavy atom. The SMILES string of the molecule is COCc1cn(C2COC3C(NCc4ccccc4)COC32)nn1. The molecular formula is C17H22N4O3. The Kier molecular flexibility index (Phi) is 4.57. The first-order chi connectivity index (χ1) is 11.8. The second-order valence-electron chi connectivity index (χ2n) is 6.26. The van der Waals surface area contributed by atoms with Crippen LogP contribution in [0.5, 0.6) is 0 Å². The van der Waals surface area contributed by atoms with Crippen molar-refractivity contribution in [3.8, 4) is 0 Å². The number of nitrogens with one attached hydrogen (secondary N) is 1. The van der Waals surface area contributed by atoms with Crippen LogP contribution >= 0.6 is 0 Å². The van der Waals surface area contributed by atoms with Crippen molar-refractivity contribution < 1.29 is 14.2 Å². The fourth-order valence-corrected chi connectivity index (χ4v) is 3.42. The highest BCUT2D eigenvalue weighted by atomic mass is 16.6. The van der Waals surface area contributed by atoms with E-state index in [1.165, 1.54) is 5.56 Å². The minimum absolute atomic E-state index is 0.00960. The number of fused-ring (bicyclic) bond motifs is 1. The van der Waals surface area contributed by atoms with Gasteiger partial charge < -0.3 is 19.5 Å². The summed E-state index contributed by atoms with van der Waals surface area (Å²) in [6, 6.07) is 10.6. The summed E-state index contributed by atoms with van der Waals surface area (Å²) in [5, 5.41) is 11.9. The molecule has 7 heteroatoms. The highest BCUT2D eigenvalue weighted by Crippen LogP contribution is 2.34. The Labute approximate surface area is 140 Å². The van der Waals surface area contributed by atoms with E-state index in [9.17, 15) is 0 Å². The molecule has 1 aromatic carbocycles. The normalized spacial score (nSPS) is 29.0. The molecule has 2 aromatic rings. The van der Waals surface area contributed by atoms with Crippen LogP contribution in [0.25, 0.3) is 0 Å². The highest BCUT2D eigenvalue weighted by molar-refractivity contribution is 5.14. The van der Waals surface area contributed by atoms with E-state index in [-0.39, 0.29) is 24.3 Å². The average molecular weight is 330 g/mol. The lowest BCUT2D eigenvalue weighted by Gasteiger charge is -2.17. The first-order valence-electron chi connectivity index (χ1n) is 8.25. The van der Waals surface area contributed by atoms with Gasteiger partial charge in [0.15, 0.2) is 0 Å². The third kappa shape index (κ3) is 3.08. The van der Waals surface area contributed by atoms with Gasteiger partial charge in [-0.15, -0.1) is 5.10 Å². The second kappa shape index (κ2) is 6.98. The van der Waals surface area contributed by atoms with E-state index in [1.807, 2.05) is 16.9 Å². The lowest BCUT2D eigenvalue weighted by molar-refractivity contribution is 0.0619. The van der Waals surface area contributed by atoms with Crippen molar-refractivity contribution in [3.63, 3.8) is 0 Å². The Hall–Kier alpha value is -1.80. The predicted molar refractivity (Wildman–Crippen MR) is 86.3 cm³/mol. The highest BCUT2D eigenvalue weighted by Gasteiger charge is 2.48. The fraction of sp³-hybridized carbons (Fsp3) is 0.529. The molecule has 4 atom stereocenters. The van der Waals surface area contributed by atoms with Crippen molar-refractivity contribution in [2.75, 3.05) is 20.3 Å². The van der Waals surface area contributed by atoms with Crippen molar-refractivity contribution in [2.24, 2.45) is 0 Å². The molecule has 1 aromatic heterocycles. The molecule has 4 unspecified atom stereocenters. The van der Waals surface area contributed by atoms with Gasteiger partial charge in [0.05, 0.1) is 32.1 Å². The van der Waals surface area contributed by atoms with E-state index in [1.54, 1.807) is 7.11 Å². The quantitative estimate of drug-likeness (QED) is 0.849. The third-order valence-electron chi connectivity index (χ3n) is 4.63. The summed E-state index contributed by atoms with van der Waals surface area (Å²) in [6.07, 6.45) is 1.97. The van der Waals surface area contributed by atoms with Gasteiger partial charge in [-0.05, 0) is 5.56 Å². The number of ether oxygens (including phenoxy) is 3. The maximum atomic E-state index is 6.01. The third-order valence-corrected chi connectivity index (χ3v) is 4.63. The van der Waals surface area contributed by atoms with Gasteiger partial charge in [-0.2, -0.15) is 0 Å². The van der Waals surface area contributed by atoms with Gasteiger partial charge in [0, 0.05) is 13.7 Å². The molecule has 2 fully saturated rings. The monoisotopic (exact) mass is 330 g/mol. The second-order valence-corrected chi connectivity index (χ2v) is 6.26. The van der Waals surface area contributed by atoms with Gasteiger partial charge in [0.1, 0.15) is 23.9 Å². The van der Waals surface area contributed by atoms with Crippen molar-refractivity contribution in [2.45, 2.75) is 37.4 Å². The predicted octanol–water partition coefficient (Wildman–Crippen LogP) is 0.922. The summed E-state index contributed by atoms with van der Waals surface area (Å²) in [5.41, 5.74) is 2.08. The topological polar surface area (TPSA) is 70.4 Å². The summed E-state index contributed by atoms with van der Waals surface area (Å²) >= 11 is 0. The Morgan fingerprint density at radius 3 is 2.88 bits per heavy atom. The molecule has 2 aliphatic rings. The van der Waals surface area contributed by atoms with Gasteiger partial charge in [0.25, 0.3) is 0 Å². The van der Waals surface area contributed by atoms with Gasteiger partial charge >= 0.3 is 0 Å². The van der Waals surface area contributed by atoms with Crippen LogP contribution in [0.15, 0.2) is 36.5 Å². The zero-order valence-corrected chi connectivity index (χ0v) is 13.7. The molecule has 2 saturated heterocycles. The summed E-state index contributed by atoms with van der Waals surface area (Å²) < 4.78 is 19.0. The van der Waals surface area contributed by atoms with Crippen molar-refractivity contribution in [3.05, 3.63) is 47.8 Å². The van der Waals surface area contributed by atoms with Gasteiger partial charge in [-0.3, -0.25) is 0 Å². The summed E-state index contributed by atoms with van der Waals surface area (Å²) in [6.45, 7) is 2.52. The van der Waals surface area contributed by atoms with E-state index < -0.39 is 0 Å². The zero-order chi connectivity index (χ0) is 16.4. The van der Waals surface area contributed by atoms with Gasteiger partial charge in [-0.1, -0.05) is 35.5 Å².